The Labute approximate surface area is 184 Å². The van der Waals surface area contributed by atoms with Crippen LogP contribution in [0.2, 0.25) is 0 Å². The zero-order chi connectivity index (χ0) is 22.5. The summed E-state index contributed by atoms with van der Waals surface area (Å²) in [7, 11) is 0. The van der Waals surface area contributed by atoms with Gasteiger partial charge in [0, 0.05) is 29.5 Å². The number of aryl methyl sites for hydroxylation is 2. The van der Waals surface area contributed by atoms with Gasteiger partial charge in [0.2, 0.25) is 5.91 Å². The standard InChI is InChI=1S/C23H25N7O2/c1-15-12-26-22(24-11-10-17-6-4-3-5-7-17)23(32)30(15)14-20(31)25-13-18-8-9-19-16(2)28-29-21(19)27-18/h3-9,12H,10-11,13-14H2,1-2H3,(H,24,26)(H,25,31)(H,27,28,29). The maximum Gasteiger partial charge on any atom is 0.293 e. The normalized spacial score (nSPS) is 10.9. The zero-order valence-electron chi connectivity index (χ0n) is 18.1. The van der Waals surface area contributed by atoms with Gasteiger partial charge in [0.05, 0.1) is 12.2 Å². The third kappa shape index (κ3) is 4.83. The van der Waals surface area contributed by atoms with Gasteiger partial charge in [0.1, 0.15) is 6.54 Å². The van der Waals surface area contributed by atoms with Crippen LogP contribution in [-0.2, 0) is 24.3 Å². The second kappa shape index (κ2) is 9.42. The molecule has 4 rings (SSSR count). The van der Waals surface area contributed by atoms with Gasteiger partial charge < -0.3 is 10.6 Å². The number of carbonyl (C=O) groups is 1. The molecule has 0 saturated carbocycles. The second-order valence-electron chi connectivity index (χ2n) is 7.60. The van der Waals surface area contributed by atoms with Crippen molar-refractivity contribution in [3.05, 3.63) is 81.7 Å². The largest absolute Gasteiger partial charge is 0.365 e. The third-order valence-electron chi connectivity index (χ3n) is 5.24. The number of anilines is 1. The van der Waals surface area contributed by atoms with Crippen molar-refractivity contribution in [3.63, 3.8) is 0 Å². The number of fused-ring (bicyclic) bond motifs is 1. The molecule has 3 aromatic heterocycles. The number of nitrogens with one attached hydrogen (secondary N) is 3. The van der Waals surface area contributed by atoms with Crippen LogP contribution < -0.4 is 16.2 Å². The number of nitrogens with zero attached hydrogens (tertiary/aromatic N) is 4. The molecule has 0 aliphatic rings. The van der Waals surface area contributed by atoms with E-state index in [4.69, 9.17) is 0 Å². The van der Waals surface area contributed by atoms with E-state index in [1.165, 1.54) is 10.1 Å². The number of benzene rings is 1. The first-order chi connectivity index (χ1) is 15.5. The summed E-state index contributed by atoms with van der Waals surface area (Å²) in [5.41, 5.74) is 3.72. The van der Waals surface area contributed by atoms with Crippen molar-refractivity contribution in [1.29, 1.82) is 0 Å². The molecule has 3 heterocycles. The van der Waals surface area contributed by atoms with E-state index in [0.29, 0.717) is 23.6 Å². The molecule has 9 nitrogen and oxygen atoms in total. The number of aromatic amines is 1. The monoisotopic (exact) mass is 431 g/mol. The fraction of sp³-hybridized carbons (Fsp3) is 0.261. The molecule has 0 fully saturated rings. The summed E-state index contributed by atoms with van der Waals surface area (Å²) in [5, 5.41) is 13.9. The van der Waals surface area contributed by atoms with Gasteiger partial charge in [-0.1, -0.05) is 30.3 Å². The van der Waals surface area contributed by atoms with Crippen LogP contribution in [0.1, 0.15) is 22.6 Å². The van der Waals surface area contributed by atoms with E-state index in [2.05, 4.69) is 30.8 Å². The van der Waals surface area contributed by atoms with Crippen molar-refractivity contribution in [1.82, 2.24) is 30.0 Å². The Morgan fingerprint density at radius 1 is 1.12 bits per heavy atom. The molecule has 9 heteroatoms. The second-order valence-corrected chi connectivity index (χ2v) is 7.60. The van der Waals surface area contributed by atoms with Crippen LogP contribution in [0.15, 0.2) is 53.5 Å². The molecular weight excluding hydrogens is 406 g/mol. The summed E-state index contributed by atoms with van der Waals surface area (Å²) in [6.45, 7) is 4.41. The summed E-state index contributed by atoms with van der Waals surface area (Å²) in [6, 6.07) is 13.8. The van der Waals surface area contributed by atoms with Gasteiger partial charge in [-0.3, -0.25) is 19.3 Å². The van der Waals surface area contributed by atoms with Crippen molar-refractivity contribution in [2.45, 2.75) is 33.4 Å². The van der Waals surface area contributed by atoms with E-state index >= 15 is 0 Å². The quantitative estimate of drug-likeness (QED) is 0.393. The van der Waals surface area contributed by atoms with Gasteiger partial charge >= 0.3 is 0 Å². The number of pyridine rings is 1. The molecule has 0 spiro atoms. The smallest absolute Gasteiger partial charge is 0.293 e. The van der Waals surface area contributed by atoms with E-state index in [0.717, 1.165) is 17.5 Å². The third-order valence-corrected chi connectivity index (χ3v) is 5.24. The number of carbonyl (C=O) groups excluding carboxylic acids is 1. The van der Waals surface area contributed by atoms with Crippen molar-refractivity contribution < 1.29 is 4.79 Å². The fourth-order valence-electron chi connectivity index (χ4n) is 3.41. The van der Waals surface area contributed by atoms with E-state index < -0.39 is 0 Å². The highest BCUT2D eigenvalue weighted by atomic mass is 16.2. The maximum atomic E-state index is 12.8. The zero-order valence-corrected chi connectivity index (χ0v) is 18.1. The SMILES string of the molecule is Cc1[nH]nc2nc(CNC(=O)Cn3c(C)cnc(NCCc4ccccc4)c3=O)ccc12. The molecule has 4 aromatic rings. The highest BCUT2D eigenvalue weighted by molar-refractivity contribution is 5.78. The summed E-state index contributed by atoms with van der Waals surface area (Å²) in [5.74, 6) is -0.0444. The van der Waals surface area contributed by atoms with Gasteiger partial charge in [-0.15, -0.1) is 0 Å². The average molecular weight is 432 g/mol. The first-order valence-electron chi connectivity index (χ1n) is 10.4. The molecule has 0 atom stereocenters. The Kier molecular flexibility index (Phi) is 6.25. The molecule has 0 bridgehead atoms. The molecule has 0 aliphatic heterocycles. The number of aromatic nitrogens is 5. The Bertz CT molecular complexity index is 1290. The highest BCUT2D eigenvalue weighted by Gasteiger charge is 2.12. The Balaban J connectivity index is 1.37. The highest BCUT2D eigenvalue weighted by Crippen LogP contribution is 2.13. The lowest BCUT2D eigenvalue weighted by molar-refractivity contribution is -0.121. The topological polar surface area (TPSA) is 118 Å². The predicted molar refractivity (Wildman–Crippen MR) is 122 cm³/mol. The summed E-state index contributed by atoms with van der Waals surface area (Å²) in [4.78, 5) is 34.0. The molecule has 0 saturated heterocycles. The number of hydrogen-bond donors (Lipinski definition) is 3. The fourth-order valence-corrected chi connectivity index (χ4v) is 3.41. The molecule has 0 radical (unpaired) electrons. The minimum Gasteiger partial charge on any atom is -0.365 e. The van der Waals surface area contributed by atoms with Crippen LogP contribution in [0.25, 0.3) is 11.0 Å². The first kappa shape index (κ1) is 21.2. The van der Waals surface area contributed by atoms with Gasteiger partial charge in [-0.25, -0.2) is 9.97 Å². The lowest BCUT2D eigenvalue weighted by atomic mass is 10.1. The maximum absolute atomic E-state index is 12.8. The number of hydrogen-bond acceptors (Lipinski definition) is 6. The van der Waals surface area contributed by atoms with Gasteiger partial charge in [-0.2, -0.15) is 5.10 Å². The lowest BCUT2D eigenvalue weighted by Gasteiger charge is -2.12. The van der Waals surface area contributed by atoms with Gasteiger partial charge in [0.15, 0.2) is 11.5 Å². The molecule has 1 amide bonds. The van der Waals surface area contributed by atoms with Crippen LogP contribution in [-0.4, -0.2) is 37.2 Å². The Morgan fingerprint density at radius 3 is 2.75 bits per heavy atom. The summed E-state index contributed by atoms with van der Waals surface area (Å²) in [6.07, 6.45) is 2.36. The average Bonchev–Trinajstić information content (AvgIpc) is 3.17. The molecular formula is C23H25N7O2. The Morgan fingerprint density at radius 2 is 1.94 bits per heavy atom. The van der Waals surface area contributed by atoms with Crippen molar-refractivity contribution in [3.8, 4) is 0 Å². The van der Waals surface area contributed by atoms with Crippen LogP contribution in [0, 0.1) is 13.8 Å². The van der Waals surface area contributed by atoms with Crippen LogP contribution in [0.3, 0.4) is 0 Å². The Hall–Kier alpha value is -4.01. The predicted octanol–water partition coefficient (Wildman–Crippen LogP) is 2.10. The van der Waals surface area contributed by atoms with Crippen LogP contribution in [0.5, 0.6) is 0 Å². The van der Waals surface area contributed by atoms with Crippen molar-refractivity contribution in [2.75, 3.05) is 11.9 Å². The molecule has 3 N–H and O–H groups in total. The molecule has 1 aromatic carbocycles. The summed E-state index contributed by atoms with van der Waals surface area (Å²) < 4.78 is 1.42. The first-order valence-corrected chi connectivity index (χ1v) is 10.4. The molecule has 0 aliphatic carbocycles. The number of H-pyrrole nitrogens is 1. The number of amides is 1. The van der Waals surface area contributed by atoms with E-state index in [1.807, 2.05) is 49.4 Å². The molecule has 0 unspecified atom stereocenters. The van der Waals surface area contributed by atoms with Crippen molar-refractivity contribution in [2.24, 2.45) is 0 Å². The van der Waals surface area contributed by atoms with E-state index in [-0.39, 0.29) is 30.4 Å². The molecule has 164 valence electrons. The minimum atomic E-state index is -0.320. The van der Waals surface area contributed by atoms with Crippen LogP contribution >= 0.6 is 0 Å². The van der Waals surface area contributed by atoms with Gasteiger partial charge in [0.25, 0.3) is 5.56 Å². The lowest BCUT2D eigenvalue weighted by Crippen LogP contribution is -2.34. The van der Waals surface area contributed by atoms with Gasteiger partial charge in [-0.05, 0) is 38.0 Å². The molecule has 32 heavy (non-hydrogen) atoms. The van der Waals surface area contributed by atoms with Crippen molar-refractivity contribution >= 4 is 22.8 Å². The van der Waals surface area contributed by atoms with E-state index in [1.54, 1.807) is 13.1 Å². The minimum absolute atomic E-state index is 0.0929. The summed E-state index contributed by atoms with van der Waals surface area (Å²) >= 11 is 0. The van der Waals surface area contributed by atoms with E-state index in [9.17, 15) is 9.59 Å². The number of rotatable bonds is 8. The van der Waals surface area contributed by atoms with Crippen LogP contribution in [0.4, 0.5) is 5.82 Å².